The number of rotatable bonds is 8. The Morgan fingerprint density at radius 2 is 1.58 bits per heavy atom. The van der Waals surface area contributed by atoms with Crippen LogP contribution < -0.4 is 10.6 Å². The van der Waals surface area contributed by atoms with Crippen molar-refractivity contribution in [3.05, 3.63) is 30.3 Å². The van der Waals surface area contributed by atoms with E-state index in [0.717, 1.165) is 0 Å². The fraction of sp³-hybridized carbons (Fsp3) is 0.526. The Morgan fingerprint density at radius 3 is 2.12 bits per heavy atom. The Kier molecular flexibility index (Phi) is 8.61. The first-order valence-corrected chi connectivity index (χ1v) is 8.84. The Labute approximate surface area is 155 Å². The topological polar surface area (TPSA) is 87.7 Å². The van der Waals surface area contributed by atoms with Crippen LogP contribution in [0.2, 0.25) is 0 Å². The lowest BCUT2D eigenvalue weighted by Crippen LogP contribution is -2.47. The van der Waals surface area contributed by atoms with Gasteiger partial charge in [0, 0.05) is 24.3 Å². The number of nitrogens with zero attached hydrogens (tertiary/aromatic N) is 1. The van der Waals surface area contributed by atoms with Crippen molar-refractivity contribution in [1.82, 2.24) is 10.2 Å². The molecule has 7 heteroatoms. The number of carbonyl (C=O) groups excluding carboxylic acids is 3. The lowest BCUT2D eigenvalue weighted by atomic mass is 10.2. The van der Waals surface area contributed by atoms with Crippen LogP contribution in [0, 0.1) is 0 Å². The van der Waals surface area contributed by atoms with E-state index < -0.39 is 18.1 Å². The summed E-state index contributed by atoms with van der Waals surface area (Å²) < 4.78 is 5.19. The molecule has 0 bridgehead atoms. The predicted octanol–water partition coefficient (Wildman–Crippen LogP) is 2.78. The van der Waals surface area contributed by atoms with E-state index in [0.29, 0.717) is 5.69 Å². The molecule has 0 saturated heterocycles. The average molecular weight is 363 g/mol. The molecule has 1 aromatic carbocycles. The molecule has 1 atom stereocenters. The van der Waals surface area contributed by atoms with Crippen molar-refractivity contribution in [2.45, 2.75) is 59.2 Å². The first-order chi connectivity index (χ1) is 12.2. The van der Waals surface area contributed by atoms with Crippen LogP contribution in [0.4, 0.5) is 10.5 Å². The Hall–Kier alpha value is -2.57. The highest BCUT2D eigenvalue weighted by atomic mass is 16.5. The molecule has 0 heterocycles. The van der Waals surface area contributed by atoms with E-state index in [-0.39, 0.29) is 31.0 Å². The van der Waals surface area contributed by atoms with Crippen molar-refractivity contribution in [3.8, 4) is 0 Å². The monoisotopic (exact) mass is 363 g/mol. The number of para-hydroxylation sites is 1. The van der Waals surface area contributed by atoms with Crippen molar-refractivity contribution < 1.29 is 19.1 Å². The second-order valence-corrected chi connectivity index (χ2v) is 6.56. The molecule has 0 radical (unpaired) electrons. The maximum atomic E-state index is 12.4. The van der Waals surface area contributed by atoms with Gasteiger partial charge in [-0.25, -0.2) is 4.79 Å². The minimum atomic E-state index is -0.856. The van der Waals surface area contributed by atoms with Crippen LogP contribution in [0.15, 0.2) is 30.3 Å². The molecular weight excluding hydrogens is 334 g/mol. The number of hydrogen-bond donors (Lipinski definition) is 2. The zero-order chi connectivity index (χ0) is 19.7. The average Bonchev–Trinajstić information content (AvgIpc) is 2.54. The molecule has 1 aromatic rings. The summed E-state index contributed by atoms with van der Waals surface area (Å²) in [5, 5.41) is 5.23. The highest BCUT2D eigenvalue weighted by molar-refractivity contribution is 5.89. The molecule has 0 aliphatic carbocycles. The second kappa shape index (κ2) is 10.4. The number of anilines is 1. The van der Waals surface area contributed by atoms with Gasteiger partial charge in [0.15, 0.2) is 6.10 Å². The van der Waals surface area contributed by atoms with Crippen molar-refractivity contribution in [1.29, 1.82) is 0 Å². The van der Waals surface area contributed by atoms with Gasteiger partial charge < -0.3 is 20.3 Å². The molecule has 0 aliphatic heterocycles. The zero-order valence-electron chi connectivity index (χ0n) is 16.1. The summed E-state index contributed by atoms with van der Waals surface area (Å²) in [6.07, 6.45) is -0.867. The Morgan fingerprint density at radius 1 is 1.00 bits per heavy atom. The van der Waals surface area contributed by atoms with Crippen LogP contribution in [-0.2, 0) is 14.3 Å². The van der Waals surface area contributed by atoms with Crippen LogP contribution in [0.5, 0.6) is 0 Å². The van der Waals surface area contributed by atoms with Crippen molar-refractivity contribution >= 4 is 23.6 Å². The van der Waals surface area contributed by atoms with Crippen LogP contribution in [0.3, 0.4) is 0 Å². The normalized spacial score (nSPS) is 11.8. The van der Waals surface area contributed by atoms with Crippen LogP contribution >= 0.6 is 0 Å². The minimum absolute atomic E-state index is 0.0107. The molecule has 144 valence electrons. The van der Waals surface area contributed by atoms with Gasteiger partial charge in [0.25, 0.3) is 5.91 Å². The summed E-state index contributed by atoms with van der Waals surface area (Å²) >= 11 is 0. The number of carbonyl (C=O) groups is 3. The van der Waals surface area contributed by atoms with Gasteiger partial charge in [-0.3, -0.25) is 9.59 Å². The van der Waals surface area contributed by atoms with Gasteiger partial charge in [0.1, 0.15) is 0 Å². The van der Waals surface area contributed by atoms with Gasteiger partial charge in [0.2, 0.25) is 0 Å². The molecule has 2 N–H and O–H groups in total. The summed E-state index contributed by atoms with van der Waals surface area (Å²) in [6, 6.07) is 8.62. The zero-order valence-corrected chi connectivity index (χ0v) is 16.1. The van der Waals surface area contributed by atoms with Gasteiger partial charge in [0.05, 0.1) is 6.42 Å². The predicted molar refractivity (Wildman–Crippen MR) is 101 cm³/mol. The highest BCUT2D eigenvalue weighted by Gasteiger charge is 2.27. The second-order valence-electron chi connectivity index (χ2n) is 6.56. The van der Waals surface area contributed by atoms with Gasteiger partial charge in [-0.2, -0.15) is 0 Å². The Balaban J connectivity index is 2.37. The molecule has 0 aliphatic rings. The third-order valence-corrected chi connectivity index (χ3v) is 3.67. The van der Waals surface area contributed by atoms with Gasteiger partial charge in [-0.1, -0.05) is 18.2 Å². The minimum Gasteiger partial charge on any atom is -0.452 e. The van der Waals surface area contributed by atoms with E-state index >= 15 is 0 Å². The maximum Gasteiger partial charge on any atom is 0.319 e. The first kappa shape index (κ1) is 21.5. The number of hydrogen-bond acceptors (Lipinski definition) is 4. The molecule has 0 fully saturated rings. The van der Waals surface area contributed by atoms with E-state index in [1.54, 1.807) is 24.0 Å². The molecule has 0 spiro atoms. The molecule has 1 rings (SSSR count). The number of benzene rings is 1. The van der Waals surface area contributed by atoms with E-state index in [2.05, 4.69) is 10.6 Å². The van der Waals surface area contributed by atoms with Crippen molar-refractivity contribution in [3.63, 3.8) is 0 Å². The lowest BCUT2D eigenvalue weighted by molar-refractivity contribution is -0.160. The number of urea groups is 1. The third kappa shape index (κ3) is 7.13. The molecule has 0 aromatic heterocycles. The molecule has 0 saturated carbocycles. The van der Waals surface area contributed by atoms with Crippen molar-refractivity contribution in [2.24, 2.45) is 0 Å². The molecule has 26 heavy (non-hydrogen) atoms. The summed E-state index contributed by atoms with van der Waals surface area (Å²) in [5.41, 5.74) is 0.661. The van der Waals surface area contributed by atoms with Crippen LogP contribution in [-0.4, -0.2) is 47.5 Å². The quantitative estimate of drug-likeness (QED) is 0.695. The molecule has 3 amide bonds. The number of nitrogens with one attached hydrogen (secondary N) is 2. The van der Waals surface area contributed by atoms with E-state index in [9.17, 15) is 14.4 Å². The van der Waals surface area contributed by atoms with Gasteiger partial charge >= 0.3 is 12.0 Å². The SMILES string of the molecule is CC(C)N(C(=O)[C@@H](C)OC(=O)CCNC(=O)Nc1ccccc1)C(C)C. The third-order valence-electron chi connectivity index (χ3n) is 3.67. The Bertz CT molecular complexity index is 594. The van der Waals surface area contributed by atoms with E-state index in [4.69, 9.17) is 4.74 Å². The summed E-state index contributed by atoms with van der Waals surface area (Å²) in [7, 11) is 0. The summed E-state index contributed by atoms with van der Waals surface area (Å²) in [4.78, 5) is 37.7. The fourth-order valence-electron chi connectivity index (χ4n) is 2.60. The smallest absolute Gasteiger partial charge is 0.319 e. The summed E-state index contributed by atoms with van der Waals surface area (Å²) in [5.74, 6) is -0.753. The summed E-state index contributed by atoms with van der Waals surface area (Å²) in [6.45, 7) is 9.36. The number of amides is 3. The number of ether oxygens (including phenoxy) is 1. The maximum absolute atomic E-state index is 12.4. The van der Waals surface area contributed by atoms with E-state index in [1.807, 2.05) is 45.9 Å². The van der Waals surface area contributed by atoms with Crippen LogP contribution in [0.1, 0.15) is 41.0 Å². The first-order valence-electron chi connectivity index (χ1n) is 8.84. The highest BCUT2D eigenvalue weighted by Crippen LogP contribution is 2.10. The number of esters is 1. The van der Waals surface area contributed by atoms with Gasteiger partial charge in [-0.15, -0.1) is 0 Å². The van der Waals surface area contributed by atoms with Crippen molar-refractivity contribution in [2.75, 3.05) is 11.9 Å². The largest absolute Gasteiger partial charge is 0.452 e. The fourth-order valence-corrected chi connectivity index (χ4v) is 2.60. The lowest BCUT2D eigenvalue weighted by Gasteiger charge is -2.32. The van der Waals surface area contributed by atoms with Gasteiger partial charge in [-0.05, 0) is 46.8 Å². The molecular formula is C19H29N3O4. The van der Waals surface area contributed by atoms with Crippen LogP contribution in [0.25, 0.3) is 0 Å². The standard InChI is InChI=1S/C19H29N3O4/c1-13(2)22(14(3)4)18(24)15(5)26-17(23)11-12-20-19(25)21-16-9-7-6-8-10-16/h6-10,13-15H,11-12H2,1-5H3,(H2,20,21,25)/t15-/m1/s1. The molecule has 0 unspecified atom stereocenters. The molecule has 7 nitrogen and oxygen atoms in total. The van der Waals surface area contributed by atoms with E-state index in [1.165, 1.54) is 0 Å².